The molecule has 0 saturated heterocycles. The standard InChI is InChI=1S/C12H17N3S/c1-3-15(4-2)12(16)14-13-10-11-8-6-5-7-9-11/h5-10H,3-4H2,1-2H3,(H,14,16)/b13-10+. The quantitative estimate of drug-likeness (QED) is 0.493. The third-order valence-corrected chi connectivity index (χ3v) is 2.57. The fourth-order valence-corrected chi connectivity index (χ4v) is 1.59. The van der Waals surface area contributed by atoms with Gasteiger partial charge < -0.3 is 4.90 Å². The Balaban J connectivity index is 2.45. The largest absolute Gasteiger partial charge is 0.348 e. The van der Waals surface area contributed by atoms with Crippen molar-refractivity contribution in [1.82, 2.24) is 10.3 Å². The summed E-state index contributed by atoms with van der Waals surface area (Å²) in [6.45, 7) is 5.92. The van der Waals surface area contributed by atoms with Gasteiger partial charge in [0.05, 0.1) is 6.21 Å². The fraction of sp³-hybridized carbons (Fsp3) is 0.333. The Labute approximate surface area is 102 Å². The minimum Gasteiger partial charge on any atom is -0.348 e. The summed E-state index contributed by atoms with van der Waals surface area (Å²) >= 11 is 5.19. The van der Waals surface area contributed by atoms with E-state index in [1.54, 1.807) is 6.21 Å². The predicted octanol–water partition coefficient (Wildman–Crippen LogP) is 2.24. The zero-order chi connectivity index (χ0) is 11.8. The molecule has 0 aliphatic carbocycles. The Kier molecular flexibility index (Phi) is 5.50. The van der Waals surface area contributed by atoms with Gasteiger partial charge in [-0.05, 0) is 31.6 Å². The summed E-state index contributed by atoms with van der Waals surface area (Å²) in [6, 6.07) is 9.91. The Bertz CT molecular complexity index is 345. The van der Waals surface area contributed by atoms with Crippen LogP contribution in [0.2, 0.25) is 0 Å². The highest BCUT2D eigenvalue weighted by Crippen LogP contribution is 1.94. The SMILES string of the molecule is CCN(CC)C(=S)N/N=C/c1ccccc1. The number of benzene rings is 1. The summed E-state index contributed by atoms with van der Waals surface area (Å²) in [4.78, 5) is 2.04. The molecule has 0 aromatic heterocycles. The van der Waals surface area contributed by atoms with Gasteiger partial charge in [-0.1, -0.05) is 30.3 Å². The van der Waals surface area contributed by atoms with Crippen LogP contribution in [0.4, 0.5) is 0 Å². The molecule has 0 radical (unpaired) electrons. The summed E-state index contributed by atoms with van der Waals surface area (Å²) in [5, 5.41) is 4.76. The van der Waals surface area contributed by atoms with E-state index in [1.165, 1.54) is 0 Å². The monoisotopic (exact) mass is 235 g/mol. The molecule has 3 nitrogen and oxygen atoms in total. The lowest BCUT2D eigenvalue weighted by Gasteiger charge is -2.20. The highest BCUT2D eigenvalue weighted by Gasteiger charge is 2.01. The lowest BCUT2D eigenvalue weighted by Crippen LogP contribution is -2.37. The molecule has 0 aliphatic rings. The number of hydrazone groups is 1. The smallest absolute Gasteiger partial charge is 0.189 e. The molecule has 0 atom stereocenters. The van der Waals surface area contributed by atoms with Gasteiger partial charge in [0, 0.05) is 13.1 Å². The number of hydrogen-bond donors (Lipinski definition) is 1. The van der Waals surface area contributed by atoms with E-state index in [9.17, 15) is 0 Å². The van der Waals surface area contributed by atoms with Crippen molar-refractivity contribution in [3.63, 3.8) is 0 Å². The number of thiocarbonyl (C=S) groups is 1. The van der Waals surface area contributed by atoms with Crippen LogP contribution in [0.15, 0.2) is 35.4 Å². The van der Waals surface area contributed by atoms with Gasteiger partial charge in [0.25, 0.3) is 0 Å². The van der Waals surface area contributed by atoms with Crippen molar-refractivity contribution in [3.05, 3.63) is 35.9 Å². The van der Waals surface area contributed by atoms with Crippen LogP contribution in [0.25, 0.3) is 0 Å². The average Bonchev–Trinajstić information content (AvgIpc) is 2.32. The number of rotatable bonds is 4. The highest BCUT2D eigenvalue weighted by atomic mass is 32.1. The normalized spacial score (nSPS) is 10.4. The summed E-state index contributed by atoms with van der Waals surface area (Å²) in [5.74, 6) is 0. The minimum absolute atomic E-state index is 0.664. The fourth-order valence-electron chi connectivity index (χ4n) is 1.28. The molecule has 0 fully saturated rings. The van der Waals surface area contributed by atoms with Crippen molar-refractivity contribution in [3.8, 4) is 0 Å². The van der Waals surface area contributed by atoms with Crippen molar-refractivity contribution in [2.45, 2.75) is 13.8 Å². The lowest BCUT2D eigenvalue weighted by atomic mass is 10.2. The Morgan fingerprint density at radius 2 is 1.94 bits per heavy atom. The molecular weight excluding hydrogens is 218 g/mol. The first-order valence-corrected chi connectivity index (χ1v) is 5.81. The summed E-state index contributed by atoms with van der Waals surface area (Å²) in [7, 11) is 0. The second-order valence-corrected chi connectivity index (χ2v) is 3.64. The second-order valence-electron chi connectivity index (χ2n) is 3.26. The van der Waals surface area contributed by atoms with Crippen molar-refractivity contribution < 1.29 is 0 Å². The zero-order valence-electron chi connectivity index (χ0n) is 9.68. The van der Waals surface area contributed by atoms with Gasteiger partial charge in [0.1, 0.15) is 0 Å². The maximum absolute atomic E-state index is 5.19. The maximum atomic E-state index is 5.19. The van der Waals surface area contributed by atoms with Crippen molar-refractivity contribution in [1.29, 1.82) is 0 Å². The molecular formula is C12H17N3S. The first kappa shape index (κ1) is 12.6. The van der Waals surface area contributed by atoms with Crippen molar-refractivity contribution >= 4 is 23.5 Å². The van der Waals surface area contributed by atoms with E-state index in [0.29, 0.717) is 5.11 Å². The molecule has 0 unspecified atom stereocenters. The summed E-state index contributed by atoms with van der Waals surface area (Å²) < 4.78 is 0. The molecule has 0 saturated carbocycles. The van der Waals surface area contributed by atoms with E-state index < -0.39 is 0 Å². The maximum Gasteiger partial charge on any atom is 0.189 e. The zero-order valence-corrected chi connectivity index (χ0v) is 10.5. The van der Waals surface area contributed by atoms with E-state index >= 15 is 0 Å². The molecule has 1 N–H and O–H groups in total. The van der Waals surface area contributed by atoms with Crippen LogP contribution >= 0.6 is 12.2 Å². The van der Waals surface area contributed by atoms with Crippen LogP contribution in [0, 0.1) is 0 Å². The van der Waals surface area contributed by atoms with E-state index in [-0.39, 0.29) is 0 Å². The van der Waals surface area contributed by atoms with Crippen LogP contribution in [0.1, 0.15) is 19.4 Å². The molecule has 86 valence electrons. The molecule has 4 heteroatoms. The van der Waals surface area contributed by atoms with Gasteiger partial charge in [0.15, 0.2) is 5.11 Å². The van der Waals surface area contributed by atoms with Crippen LogP contribution < -0.4 is 5.43 Å². The van der Waals surface area contributed by atoms with E-state index in [4.69, 9.17) is 12.2 Å². The van der Waals surface area contributed by atoms with Crippen LogP contribution in [-0.4, -0.2) is 29.3 Å². The summed E-state index contributed by atoms with van der Waals surface area (Å²) in [6.07, 6.45) is 1.76. The number of nitrogens with one attached hydrogen (secondary N) is 1. The molecule has 0 amide bonds. The Morgan fingerprint density at radius 3 is 2.50 bits per heavy atom. The number of hydrogen-bond acceptors (Lipinski definition) is 2. The first-order chi connectivity index (χ1) is 7.77. The van der Waals surface area contributed by atoms with Crippen LogP contribution in [-0.2, 0) is 0 Å². The molecule has 1 rings (SSSR count). The summed E-state index contributed by atoms with van der Waals surface area (Å²) in [5.41, 5.74) is 3.91. The molecule has 16 heavy (non-hydrogen) atoms. The predicted molar refractivity (Wildman–Crippen MR) is 72.7 cm³/mol. The number of nitrogens with zero attached hydrogens (tertiary/aromatic N) is 2. The molecule has 0 aliphatic heterocycles. The van der Waals surface area contributed by atoms with Gasteiger partial charge in [-0.2, -0.15) is 5.10 Å². The molecule has 0 heterocycles. The van der Waals surface area contributed by atoms with E-state index in [1.807, 2.05) is 35.2 Å². The van der Waals surface area contributed by atoms with Gasteiger partial charge in [0.2, 0.25) is 0 Å². The van der Waals surface area contributed by atoms with Gasteiger partial charge in [-0.25, -0.2) is 0 Å². The second kappa shape index (κ2) is 6.95. The van der Waals surface area contributed by atoms with Gasteiger partial charge in [-0.3, -0.25) is 5.43 Å². The van der Waals surface area contributed by atoms with E-state index in [2.05, 4.69) is 24.4 Å². The molecule has 0 spiro atoms. The third kappa shape index (κ3) is 3.98. The molecule has 1 aromatic rings. The minimum atomic E-state index is 0.664. The molecule has 1 aromatic carbocycles. The first-order valence-electron chi connectivity index (χ1n) is 5.41. The van der Waals surface area contributed by atoms with E-state index in [0.717, 1.165) is 18.7 Å². The van der Waals surface area contributed by atoms with Crippen LogP contribution in [0.3, 0.4) is 0 Å². The lowest BCUT2D eigenvalue weighted by molar-refractivity contribution is 0.458. The third-order valence-electron chi connectivity index (χ3n) is 2.22. The van der Waals surface area contributed by atoms with Gasteiger partial charge in [-0.15, -0.1) is 0 Å². The average molecular weight is 235 g/mol. The molecule has 0 bridgehead atoms. The van der Waals surface area contributed by atoms with Crippen LogP contribution in [0.5, 0.6) is 0 Å². The Hall–Kier alpha value is -1.42. The van der Waals surface area contributed by atoms with Crippen molar-refractivity contribution in [2.24, 2.45) is 5.10 Å². The Morgan fingerprint density at radius 1 is 1.31 bits per heavy atom. The van der Waals surface area contributed by atoms with Crippen molar-refractivity contribution in [2.75, 3.05) is 13.1 Å². The highest BCUT2D eigenvalue weighted by molar-refractivity contribution is 7.80. The topological polar surface area (TPSA) is 27.6 Å². The van der Waals surface area contributed by atoms with Gasteiger partial charge >= 0.3 is 0 Å².